The zero-order valence-electron chi connectivity index (χ0n) is 28.0. The molecular weight excluding hydrogens is 588 g/mol. The Morgan fingerprint density at radius 3 is 1.32 bits per heavy atom. The van der Waals surface area contributed by atoms with Crippen molar-refractivity contribution < 1.29 is 28.4 Å². The largest absolute Gasteiger partial charge is 0.493 e. The van der Waals surface area contributed by atoms with E-state index in [4.69, 9.17) is 28.4 Å². The third-order valence-electron chi connectivity index (χ3n) is 9.79. The Balaban J connectivity index is 1.34. The van der Waals surface area contributed by atoms with Crippen LogP contribution in [-0.2, 0) is 14.9 Å². The molecule has 0 radical (unpaired) electrons. The second-order valence-electron chi connectivity index (χ2n) is 13.4. The molecule has 7 rings (SSSR count). The molecule has 0 saturated carbocycles. The van der Waals surface area contributed by atoms with Crippen molar-refractivity contribution in [1.29, 1.82) is 0 Å². The highest BCUT2D eigenvalue weighted by Crippen LogP contribution is 2.57. The summed E-state index contributed by atoms with van der Waals surface area (Å²) < 4.78 is 35.6. The van der Waals surface area contributed by atoms with Gasteiger partial charge in [-0.25, -0.2) is 0 Å². The van der Waals surface area contributed by atoms with Crippen LogP contribution in [0.1, 0.15) is 62.8 Å². The normalized spacial score (nSPS) is 21.7. The van der Waals surface area contributed by atoms with Crippen LogP contribution in [0.25, 0.3) is 11.1 Å². The lowest BCUT2D eigenvalue weighted by molar-refractivity contribution is 0.256. The quantitative estimate of drug-likeness (QED) is 0.102. The molecule has 0 aromatic heterocycles. The SMILES string of the molecule is CCC(C)COc1ccc(C2(c3ccc(OCC(C)CC)cc3)c3ccc(OCC4CO4)cc3-c3cc(OCC4CO4)ccc32)cc1. The van der Waals surface area contributed by atoms with Gasteiger partial charge >= 0.3 is 0 Å². The van der Waals surface area contributed by atoms with E-state index in [9.17, 15) is 0 Å². The van der Waals surface area contributed by atoms with Gasteiger partial charge in [-0.05, 0) is 93.7 Å². The van der Waals surface area contributed by atoms with Crippen LogP contribution in [0.3, 0.4) is 0 Å². The molecule has 4 aromatic rings. The van der Waals surface area contributed by atoms with Crippen molar-refractivity contribution in [3.05, 3.63) is 107 Å². The summed E-state index contributed by atoms with van der Waals surface area (Å²) in [6, 6.07) is 30.4. The Kier molecular flexibility index (Phi) is 9.15. The lowest BCUT2D eigenvalue weighted by Crippen LogP contribution is -2.28. The molecule has 0 amide bonds. The standard InChI is InChI=1S/C41H46O6/c1-5-27(3)21-42-31-11-7-29(8-12-31)41(30-9-13-32(14-10-30)43-22-28(4)6-2)39-17-15-33(44-23-35-25-46-35)19-37(39)38-20-34(16-18-40(38)41)45-24-36-26-47-36/h7-20,27-28,35-36H,5-6,21-26H2,1-4H3. The number of ether oxygens (including phenoxy) is 6. The van der Waals surface area contributed by atoms with Crippen molar-refractivity contribution in [3.63, 3.8) is 0 Å². The molecule has 4 atom stereocenters. The summed E-state index contributed by atoms with van der Waals surface area (Å²) in [6.45, 7) is 12.9. The Morgan fingerprint density at radius 2 is 0.957 bits per heavy atom. The molecule has 0 bridgehead atoms. The summed E-state index contributed by atoms with van der Waals surface area (Å²) in [5.41, 5.74) is 6.43. The highest BCUT2D eigenvalue weighted by molar-refractivity contribution is 5.87. The van der Waals surface area contributed by atoms with E-state index in [0.717, 1.165) is 60.2 Å². The fourth-order valence-corrected chi connectivity index (χ4v) is 6.28. The van der Waals surface area contributed by atoms with Gasteiger partial charge in [0.05, 0.1) is 31.8 Å². The van der Waals surface area contributed by atoms with Gasteiger partial charge in [-0.3, -0.25) is 0 Å². The molecule has 4 unspecified atom stereocenters. The second-order valence-corrected chi connectivity index (χ2v) is 13.4. The van der Waals surface area contributed by atoms with Gasteiger partial charge in [-0.2, -0.15) is 0 Å². The highest BCUT2D eigenvalue weighted by Gasteiger charge is 2.46. The smallest absolute Gasteiger partial charge is 0.120 e. The summed E-state index contributed by atoms with van der Waals surface area (Å²) in [4.78, 5) is 0. The predicted molar refractivity (Wildman–Crippen MR) is 184 cm³/mol. The van der Waals surface area contributed by atoms with E-state index in [-0.39, 0.29) is 12.2 Å². The first kappa shape index (κ1) is 31.6. The summed E-state index contributed by atoms with van der Waals surface area (Å²) in [6.07, 6.45) is 2.54. The van der Waals surface area contributed by atoms with Crippen LogP contribution >= 0.6 is 0 Å². The van der Waals surface area contributed by atoms with E-state index >= 15 is 0 Å². The summed E-state index contributed by atoms with van der Waals surface area (Å²) in [5, 5.41) is 0. The zero-order chi connectivity index (χ0) is 32.4. The summed E-state index contributed by atoms with van der Waals surface area (Å²) in [5.74, 6) is 4.44. The van der Waals surface area contributed by atoms with E-state index in [2.05, 4.69) is 113 Å². The van der Waals surface area contributed by atoms with Gasteiger partial charge in [-0.15, -0.1) is 0 Å². The number of rotatable bonds is 16. The number of hydrogen-bond donors (Lipinski definition) is 0. The first-order chi connectivity index (χ1) is 23.0. The Labute approximate surface area is 278 Å². The average Bonchev–Trinajstić information content (AvgIpc) is 4.06. The lowest BCUT2D eigenvalue weighted by Gasteiger charge is -2.34. The maximum absolute atomic E-state index is 6.20. The lowest BCUT2D eigenvalue weighted by atomic mass is 9.67. The fraction of sp³-hybridized carbons (Fsp3) is 0.415. The molecule has 6 heteroatoms. The number of fused-ring (bicyclic) bond motifs is 3. The van der Waals surface area contributed by atoms with Crippen LogP contribution < -0.4 is 18.9 Å². The number of epoxide rings is 2. The average molecular weight is 635 g/mol. The Hall–Kier alpha value is -4.00. The minimum atomic E-state index is -0.578. The first-order valence-electron chi connectivity index (χ1n) is 17.2. The zero-order valence-corrected chi connectivity index (χ0v) is 28.0. The molecule has 2 aliphatic heterocycles. The molecule has 6 nitrogen and oxygen atoms in total. The fourth-order valence-electron chi connectivity index (χ4n) is 6.28. The van der Waals surface area contributed by atoms with Crippen molar-refractivity contribution in [2.24, 2.45) is 11.8 Å². The van der Waals surface area contributed by atoms with Crippen LogP contribution in [0.4, 0.5) is 0 Å². The molecule has 2 saturated heterocycles. The molecular formula is C41H46O6. The molecule has 4 aromatic carbocycles. The van der Waals surface area contributed by atoms with Gasteiger partial charge in [0.15, 0.2) is 0 Å². The summed E-state index contributed by atoms with van der Waals surface area (Å²) in [7, 11) is 0. The molecule has 2 heterocycles. The monoisotopic (exact) mass is 634 g/mol. The van der Waals surface area contributed by atoms with Gasteiger partial charge < -0.3 is 28.4 Å². The Bertz CT molecular complexity index is 1530. The molecule has 47 heavy (non-hydrogen) atoms. The summed E-state index contributed by atoms with van der Waals surface area (Å²) >= 11 is 0. The molecule has 3 aliphatic rings. The predicted octanol–water partition coefficient (Wildman–Crippen LogP) is 8.45. The molecule has 0 N–H and O–H groups in total. The molecule has 246 valence electrons. The minimum absolute atomic E-state index is 0.182. The topological polar surface area (TPSA) is 62.0 Å². The van der Waals surface area contributed by atoms with Gasteiger partial charge in [0.25, 0.3) is 0 Å². The molecule has 1 aliphatic carbocycles. The number of benzene rings is 4. The van der Waals surface area contributed by atoms with Gasteiger partial charge in [-0.1, -0.05) is 76.9 Å². The third-order valence-corrected chi connectivity index (χ3v) is 9.79. The van der Waals surface area contributed by atoms with Gasteiger partial charge in [0.1, 0.15) is 48.4 Å². The van der Waals surface area contributed by atoms with Crippen molar-refractivity contribution in [1.82, 2.24) is 0 Å². The van der Waals surface area contributed by atoms with Crippen molar-refractivity contribution in [2.75, 3.05) is 39.6 Å². The van der Waals surface area contributed by atoms with Crippen LogP contribution in [0, 0.1) is 11.8 Å². The molecule has 2 fully saturated rings. The van der Waals surface area contributed by atoms with Crippen LogP contribution in [0.2, 0.25) is 0 Å². The first-order valence-corrected chi connectivity index (χ1v) is 17.2. The maximum Gasteiger partial charge on any atom is 0.120 e. The third kappa shape index (κ3) is 6.72. The van der Waals surface area contributed by atoms with E-state index in [1.165, 1.54) is 22.3 Å². The van der Waals surface area contributed by atoms with E-state index in [1.807, 2.05) is 0 Å². The number of hydrogen-bond acceptors (Lipinski definition) is 6. The van der Waals surface area contributed by atoms with Gasteiger partial charge in [0, 0.05) is 0 Å². The van der Waals surface area contributed by atoms with Crippen molar-refractivity contribution in [2.45, 2.75) is 58.2 Å². The van der Waals surface area contributed by atoms with Crippen molar-refractivity contribution >= 4 is 0 Å². The highest BCUT2D eigenvalue weighted by atomic mass is 16.6. The van der Waals surface area contributed by atoms with E-state index in [1.54, 1.807) is 0 Å². The maximum atomic E-state index is 6.20. The second kappa shape index (κ2) is 13.6. The van der Waals surface area contributed by atoms with Crippen LogP contribution in [0.15, 0.2) is 84.9 Å². The van der Waals surface area contributed by atoms with E-state index in [0.29, 0.717) is 38.3 Å². The van der Waals surface area contributed by atoms with Crippen LogP contribution in [-0.4, -0.2) is 51.8 Å². The van der Waals surface area contributed by atoms with E-state index < -0.39 is 5.41 Å². The molecule has 0 spiro atoms. The Morgan fingerprint density at radius 1 is 0.574 bits per heavy atom. The van der Waals surface area contributed by atoms with Crippen LogP contribution in [0.5, 0.6) is 23.0 Å². The van der Waals surface area contributed by atoms with Crippen molar-refractivity contribution in [3.8, 4) is 34.1 Å². The van der Waals surface area contributed by atoms with Gasteiger partial charge in [0.2, 0.25) is 0 Å². The minimum Gasteiger partial charge on any atom is -0.493 e.